The van der Waals surface area contributed by atoms with Crippen LogP contribution in [0.15, 0.2) is 48.5 Å². The third-order valence-electron chi connectivity index (χ3n) is 3.69. The molecule has 0 saturated carbocycles. The van der Waals surface area contributed by atoms with Crippen molar-refractivity contribution < 1.29 is 0 Å². The summed E-state index contributed by atoms with van der Waals surface area (Å²) in [4.78, 5) is 0. The first-order valence-electron chi connectivity index (χ1n) is 7.31. The van der Waals surface area contributed by atoms with E-state index in [1.54, 1.807) is 0 Å². The molecule has 2 rings (SSSR count). The van der Waals surface area contributed by atoms with E-state index < -0.39 is 0 Å². The molecule has 0 aliphatic rings. The number of halogens is 2. The van der Waals surface area contributed by atoms with Crippen molar-refractivity contribution in [1.82, 2.24) is 5.32 Å². The monoisotopic (exact) mass is 321 g/mol. The van der Waals surface area contributed by atoms with Gasteiger partial charge < -0.3 is 5.32 Å². The molecule has 2 unspecified atom stereocenters. The minimum Gasteiger partial charge on any atom is -0.308 e. The summed E-state index contributed by atoms with van der Waals surface area (Å²) < 4.78 is 0. The summed E-state index contributed by atoms with van der Waals surface area (Å²) >= 11 is 12.0. The molecule has 0 aliphatic heterocycles. The standard InChI is InChI=1S/C18H21Cl2N/c1-13(8-9-15-6-4-3-5-7-15)21-14(2)16-10-11-17(19)18(20)12-16/h3-7,10-14,21H,8-9H2,1-2H3. The number of aryl methyl sites for hydroxylation is 1. The lowest BCUT2D eigenvalue weighted by Crippen LogP contribution is -2.29. The van der Waals surface area contributed by atoms with Crippen LogP contribution in [0.1, 0.15) is 37.4 Å². The maximum absolute atomic E-state index is 6.08. The molecule has 0 amide bonds. The van der Waals surface area contributed by atoms with Gasteiger partial charge in [-0.3, -0.25) is 0 Å². The van der Waals surface area contributed by atoms with Gasteiger partial charge in [0.1, 0.15) is 0 Å². The summed E-state index contributed by atoms with van der Waals surface area (Å²) in [5, 5.41) is 4.82. The summed E-state index contributed by atoms with van der Waals surface area (Å²) in [6.07, 6.45) is 2.19. The van der Waals surface area contributed by atoms with Crippen molar-refractivity contribution in [2.24, 2.45) is 0 Å². The topological polar surface area (TPSA) is 12.0 Å². The Morgan fingerprint density at radius 3 is 2.33 bits per heavy atom. The summed E-state index contributed by atoms with van der Waals surface area (Å²) in [6.45, 7) is 4.37. The van der Waals surface area contributed by atoms with Gasteiger partial charge in [-0.2, -0.15) is 0 Å². The molecular weight excluding hydrogens is 301 g/mol. The number of benzene rings is 2. The van der Waals surface area contributed by atoms with E-state index in [1.165, 1.54) is 5.56 Å². The molecule has 0 aliphatic carbocycles. The maximum Gasteiger partial charge on any atom is 0.0595 e. The predicted molar refractivity (Wildman–Crippen MR) is 92.2 cm³/mol. The lowest BCUT2D eigenvalue weighted by Gasteiger charge is -2.21. The second-order valence-corrected chi connectivity index (χ2v) is 6.30. The fourth-order valence-corrected chi connectivity index (χ4v) is 2.72. The highest BCUT2D eigenvalue weighted by molar-refractivity contribution is 6.42. The van der Waals surface area contributed by atoms with Gasteiger partial charge in [0.15, 0.2) is 0 Å². The van der Waals surface area contributed by atoms with Crippen LogP contribution in [0.4, 0.5) is 0 Å². The lowest BCUT2D eigenvalue weighted by molar-refractivity contribution is 0.456. The highest BCUT2D eigenvalue weighted by Gasteiger charge is 2.11. The third kappa shape index (κ3) is 5.03. The summed E-state index contributed by atoms with van der Waals surface area (Å²) in [5.74, 6) is 0. The molecule has 0 aromatic heterocycles. The van der Waals surface area contributed by atoms with E-state index in [1.807, 2.05) is 18.2 Å². The molecule has 112 valence electrons. The second kappa shape index (κ2) is 7.84. The smallest absolute Gasteiger partial charge is 0.0595 e. The number of hydrogen-bond acceptors (Lipinski definition) is 1. The molecule has 21 heavy (non-hydrogen) atoms. The van der Waals surface area contributed by atoms with E-state index in [0.717, 1.165) is 18.4 Å². The second-order valence-electron chi connectivity index (χ2n) is 5.49. The minimum atomic E-state index is 0.255. The van der Waals surface area contributed by atoms with Crippen molar-refractivity contribution >= 4 is 23.2 Å². The van der Waals surface area contributed by atoms with Gasteiger partial charge in [0.05, 0.1) is 10.0 Å². The third-order valence-corrected chi connectivity index (χ3v) is 4.43. The van der Waals surface area contributed by atoms with Crippen LogP contribution in [0.25, 0.3) is 0 Å². The van der Waals surface area contributed by atoms with Crippen molar-refractivity contribution in [2.45, 2.75) is 38.8 Å². The average Bonchev–Trinajstić information content (AvgIpc) is 2.49. The average molecular weight is 322 g/mol. The Kier molecular flexibility index (Phi) is 6.10. The van der Waals surface area contributed by atoms with Gasteiger partial charge in [0.25, 0.3) is 0 Å². The first-order chi connectivity index (χ1) is 10.1. The molecule has 0 spiro atoms. The van der Waals surface area contributed by atoms with E-state index >= 15 is 0 Å². The zero-order valence-electron chi connectivity index (χ0n) is 12.4. The van der Waals surface area contributed by atoms with E-state index in [0.29, 0.717) is 16.1 Å². The van der Waals surface area contributed by atoms with Gasteiger partial charge in [-0.05, 0) is 49.9 Å². The molecule has 0 saturated heterocycles. The van der Waals surface area contributed by atoms with E-state index in [-0.39, 0.29) is 6.04 Å². The molecule has 1 N–H and O–H groups in total. The first-order valence-corrected chi connectivity index (χ1v) is 8.07. The van der Waals surface area contributed by atoms with Crippen LogP contribution in [-0.2, 0) is 6.42 Å². The predicted octanol–water partition coefficient (Wildman–Crippen LogP) is 5.67. The lowest BCUT2D eigenvalue weighted by atomic mass is 10.0. The molecule has 2 aromatic rings. The molecule has 2 aromatic carbocycles. The molecule has 0 fully saturated rings. The Balaban J connectivity index is 1.86. The highest BCUT2D eigenvalue weighted by atomic mass is 35.5. The van der Waals surface area contributed by atoms with Crippen molar-refractivity contribution in [1.29, 1.82) is 0 Å². The van der Waals surface area contributed by atoms with Gasteiger partial charge in [0, 0.05) is 12.1 Å². The summed E-state index contributed by atoms with van der Waals surface area (Å²) in [6, 6.07) is 17.1. The molecule has 0 radical (unpaired) electrons. The van der Waals surface area contributed by atoms with Gasteiger partial charge >= 0.3 is 0 Å². The fourth-order valence-electron chi connectivity index (χ4n) is 2.42. The zero-order chi connectivity index (χ0) is 15.2. The number of hydrogen-bond donors (Lipinski definition) is 1. The van der Waals surface area contributed by atoms with Crippen molar-refractivity contribution in [2.75, 3.05) is 0 Å². The van der Waals surface area contributed by atoms with Gasteiger partial charge in [-0.1, -0.05) is 59.6 Å². The quantitative estimate of drug-likeness (QED) is 0.723. The Morgan fingerprint density at radius 2 is 1.67 bits per heavy atom. The minimum absolute atomic E-state index is 0.255. The van der Waals surface area contributed by atoms with Crippen LogP contribution in [0, 0.1) is 0 Å². The molecule has 3 heteroatoms. The summed E-state index contributed by atoms with van der Waals surface area (Å²) in [5.41, 5.74) is 2.55. The normalized spacial score (nSPS) is 13.9. The largest absolute Gasteiger partial charge is 0.308 e. The Morgan fingerprint density at radius 1 is 0.952 bits per heavy atom. The number of nitrogens with one attached hydrogen (secondary N) is 1. The fraction of sp³-hybridized carbons (Fsp3) is 0.333. The van der Waals surface area contributed by atoms with Crippen molar-refractivity contribution in [3.63, 3.8) is 0 Å². The van der Waals surface area contributed by atoms with Crippen LogP contribution in [0.2, 0.25) is 10.0 Å². The molecule has 2 atom stereocenters. The molecular formula is C18H21Cl2N. The first kappa shape index (κ1) is 16.4. The van der Waals surface area contributed by atoms with E-state index in [4.69, 9.17) is 23.2 Å². The Labute approximate surface area is 137 Å². The Bertz CT molecular complexity index is 569. The van der Waals surface area contributed by atoms with Gasteiger partial charge in [0.2, 0.25) is 0 Å². The van der Waals surface area contributed by atoms with Gasteiger partial charge in [-0.15, -0.1) is 0 Å². The maximum atomic E-state index is 6.08. The summed E-state index contributed by atoms with van der Waals surface area (Å²) in [7, 11) is 0. The van der Waals surface area contributed by atoms with Gasteiger partial charge in [-0.25, -0.2) is 0 Å². The molecule has 0 heterocycles. The SMILES string of the molecule is CC(CCc1ccccc1)NC(C)c1ccc(Cl)c(Cl)c1. The van der Waals surface area contributed by atoms with Crippen molar-refractivity contribution in [3.8, 4) is 0 Å². The van der Waals surface area contributed by atoms with Crippen LogP contribution in [0.3, 0.4) is 0 Å². The van der Waals surface area contributed by atoms with E-state index in [2.05, 4.69) is 49.5 Å². The van der Waals surface area contributed by atoms with Crippen molar-refractivity contribution in [3.05, 3.63) is 69.7 Å². The van der Waals surface area contributed by atoms with Crippen LogP contribution in [-0.4, -0.2) is 6.04 Å². The molecule has 0 bridgehead atoms. The van der Waals surface area contributed by atoms with E-state index in [9.17, 15) is 0 Å². The molecule has 1 nitrogen and oxygen atoms in total. The van der Waals surface area contributed by atoms with Crippen LogP contribution in [0.5, 0.6) is 0 Å². The number of rotatable bonds is 6. The highest BCUT2D eigenvalue weighted by Crippen LogP contribution is 2.25. The zero-order valence-corrected chi connectivity index (χ0v) is 14.0. The Hall–Kier alpha value is -1.02. The van der Waals surface area contributed by atoms with Crippen LogP contribution >= 0.6 is 23.2 Å². The van der Waals surface area contributed by atoms with Crippen LogP contribution < -0.4 is 5.32 Å².